The summed E-state index contributed by atoms with van der Waals surface area (Å²) in [5.74, 6) is -0.245. The third-order valence-electron chi connectivity index (χ3n) is 4.65. The van der Waals surface area contributed by atoms with E-state index in [2.05, 4.69) is 22.3 Å². The quantitative estimate of drug-likeness (QED) is 0.510. The first-order chi connectivity index (χ1) is 14.4. The zero-order valence-electron chi connectivity index (χ0n) is 16.6. The number of alkyl halides is 3. The van der Waals surface area contributed by atoms with Crippen LogP contribution in [0.3, 0.4) is 0 Å². The molecular weight excluding hydrogens is 393 g/mol. The maximum absolute atomic E-state index is 13.6. The van der Waals surface area contributed by atoms with Crippen LogP contribution in [0.2, 0.25) is 0 Å². The average Bonchev–Trinajstić information content (AvgIpc) is 3.20. The Morgan fingerprint density at radius 2 is 1.87 bits per heavy atom. The van der Waals surface area contributed by atoms with Crippen LogP contribution in [0.25, 0.3) is 16.9 Å². The van der Waals surface area contributed by atoms with Gasteiger partial charge in [0, 0.05) is 30.1 Å². The minimum atomic E-state index is -4.58. The molecule has 0 fully saturated rings. The number of benzene rings is 1. The van der Waals surface area contributed by atoms with Gasteiger partial charge in [0.25, 0.3) is 5.91 Å². The van der Waals surface area contributed by atoms with Gasteiger partial charge in [-0.2, -0.15) is 18.3 Å². The number of pyridine rings is 1. The Hall–Kier alpha value is -3.16. The summed E-state index contributed by atoms with van der Waals surface area (Å²) in [7, 11) is 0. The van der Waals surface area contributed by atoms with E-state index < -0.39 is 11.9 Å². The number of hydrogen-bond acceptors (Lipinski definition) is 3. The lowest BCUT2D eigenvalue weighted by Gasteiger charge is -2.11. The summed E-state index contributed by atoms with van der Waals surface area (Å²) < 4.78 is 41.5. The summed E-state index contributed by atoms with van der Waals surface area (Å²) >= 11 is 0. The lowest BCUT2D eigenvalue weighted by atomic mass is 10.1. The Morgan fingerprint density at radius 3 is 2.50 bits per heavy atom. The average molecular weight is 416 g/mol. The van der Waals surface area contributed by atoms with Gasteiger partial charge < -0.3 is 5.32 Å². The Kier molecular flexibility index (Phi) is 6.87. The molecule has 0 aliphatic rings. The van der Waals surface area contributed by atoms with Crippen molar-refractivity contribution in [2.75, 3.05) is 6.54 Å². The van der Waals surface area contributed by atoms with Gasteiger partial charge in [0.2, 0.25) is 0 Å². The summed E-state index contributed by atoms with van der Waals surface area (Å²) in [6, 6.07) is 10.2. The first kappa shape index (κ1) is 21.5. The number of carbonyl (C=O) groups is 1. The molecule has 5 nitrogen and oxygen atoms in total. The molecule has 0 spiro atoms. The second kappa shape index (κ2) is 9.56. The molecule has 0 bridgehead atoms. The minimum Gasteiger partial charge on any atom is -0.352 e. The second-order valence-corrected chi connectivity index (χ2v) is 6.93. The highest BCUT2D eigenvalue weighted by Crippen LogP contribution is 2.33. The van der Waals surface area contributed by atoms with Crippen molar-refractivity contribution in [2.45, 2.75) is 38.8 Å². The van der Waals surface area contributed by atoms with Crippen molar-refractivity contribution in [3.63, 3.8) is 0 Å². The minimum absolute atomic E-state index is 0.171. The van der Waals surface area contributed by atoms with Gasteiger partial charge in [0.15, 0.2) is 0 Å². The van der Waals surface area contributed by atoms with E-state index in [0.717, 1.165) is 36.4 Å². The Bertz CT molecular complexity index is 966. The number of hydrogen-bond donors (Lipinski definition) is 1. The van der Waals surface area contributed by atoms with Crippen LogP contribution in [0, 0.1) is 0 Å². The molecular formula is C22H23F3N4O. The van der Waals surface area contributed by atoms with Crippen LogP contribution in [-0.2, 0) is 6.18 Å². The van der Waals surface area contributed by atoms with Gasteiger partial charge in [-0.1, -0.05) is 26.2 Å². The van der Waals surface area contributed by atoms with Crippen LogP contribution in [0.1, 0.15) is 48.7 Å². The molecule has 2 heterocycles. The molecule has 158 valence electrons. The molecule has 0 aliphatic heterocycles. The zero-order valence-corrected chi connectivity index (χ0v) is 16.6. The summed E-state index contributed by atoms with van der Waals surface area (Å²) in [6.45, 7) is 2.69. The maximum atomic E-state index is 13.6. The van der Waals surface area contributed by atoms with Crippen LogP contribution in [0.5, 0.6) is 0 Å². The van der Waals surface area contributed by atoms with Crippen molar-refractivity contribution >= 4 is 5.91 Å². The highest BCUT2D eigenvalue weighted by Gasteiger charge is 2.36. The van der Waals surface area contributed by atoms with Crippen molar-refractivity contribution in [1.29, 1.82) is 0 Å². The lowest BCUT2D eigenvalue weighted by Crippen LogP contribution is -2.24. The predicted octanol–water partition coefficient (Wildman–Crippen LogP) is 5.26. The number of halogens is 3. The maximum Gasteiger partial charge on any atom is 0.433 e. The molecule has 3 rings (SSSR count). The third-order valence-corrected chi connectivity index (χ3v) is 4.65. The third kappa shape index (κ3) is 5.25. The van der Waals surface area contributed by atoms with Crippen molar-refractivity contribution in [2.24, 2.45) is 0 Å². The first-order valence-corrected chi connectivity index (χ1v) is 9.86. The van der Waals surface area contributed by atoms with E-state index in [1.165, 1.54) is 30.5 Å². The number of aromatic nitrogens is 3. The molecule has 0 atom stereocenters. The molecule has 0 unspecified atom stereocenters. The largest absolute Gasteiger partial charge is 0.433 e. The smallest absolute Gasteiger partial charge is 0.352 e. The van der Waals surface area contributed by atoms with Crippen molar-refractivity contribution in [3.05, 3.63) is 66.1 Å². The number of amides is 1. The van der Waals surface area contributed by atoms with E-state index in [1.54, 1.807) is 18.3 Å². The van der Waals surface area contributed by atoms with Crippen molar-refractivity contribution in [1.82, 2.24) is 20.1 Å². The van der Waals surface area contributed by atoms with E-state index in [0.29, 0.717) is 17.7 Å². The Balaban J connectivity index is 1.80. The van der Waals surface area contributed by atoms with E-state index in [-0.39, 0.29) is 17.3 Å². The van der Waals surface area contributed by atoms with Gasteiger partial charge in [-0.25, -0.2) is 4.68 Å². The lowest BCUT2D eigenvalue weighted by molar-refractivity contribution is -0.142. The van der Waals surface area contributed by atoms with Crippen molar-refractivity contribution < 1.29 is 18.0 Å². The number of nitrogens with one attached hydrogen (secondary N) is 1. The van der Waals surface area contributed by atoms with Crippen LogP contribution in [-0.4, -0.2) is 27.2 Å². The van der Waals surface area contributed by atoms with Crippen LogP contribution < -0.4 is 5.32 Å². The van der Waals surface area contributed by atoms with Gasteiger partial charge in [-0.05, 0) is 48.9 Å². The van der Waals surface area contributed by atoms with Gasteiger partial charge in [0.05, 0.1) is 11.4 Å². The topological polar surface area (TPSA) is 59.8 Å². The zero-order chi connectivity index (χ0) is 21.6. The summed E-state index contributed by atoms with van der Waals surface area (Å²) in [5.41, 5.74) is 0.374. The van der Waals surface area contributed by atoms with Crippen molar-refractivity contribution in [3.8, 4) is 16.9 Å². The highest BCUT2D eigenvalue weighted by atomic mass is 19.4. The summed E-state index contributed by atoms with van der Waals surface area (Å²) in [6.07, 6.45) is 2.61. The molecule has 30 heavy (non-hydrogen) atoms. The van der Waals surface area contributed by atoms with Gasteiger partial charge in [-0.3, -0.25) is 9.78 Å². The Morgan fingerprint density at radius 1 is 1.10 bits per heavy atom. The summed E-state index contributed by atoms with van der Waals surface area (Å²) in [4.78, 5) is 16.2. The Labute approximate surface area is 173 Å². The molecule has 0 radical (unpaired) electrons. The van der Waals surface area contributed by atoms with Gasteiger partial charge in [0.1, 0.15) is 5.69 Å². The fourth-order valence-electron chi connectivity index (χ4n) is 3.04. The monoisotopic (exact) mass is 416 g/mol. The second-order valence-electron chi connectivity index (χ2n) is 6.93. The normalized spacial score (nSPS) is 11.5. The summed E-state index contributed by atoms with van der Waals surface area (Å²) in [5, 5.41) is 6.96. The molecule has 2 aromatic heterocycles. The first-order valence-electron chi connectivity index (χ1n) is 9.86. The number of nitrogens with zero attached hydrogens (tertiary/aromatic N) is 3. The molecule has 1 N–H and O–H groups in total. The number of unbranched alkanes of at least 4 members (excludes halogenated alkanes) is 3. The standard InChI is InChI=1S/C22H23F3N4O/c1-2-3-4-5-13-27-21(30)16-8-10-18(11-9-16)29-20(22(23,24)25)14-19(28-29)17-7-6-12-26-15-17/h6-12,14-15H,2-5,13H2,1H3,(H,27,30). The molecule has 1 aromatic carbocycles. The molecule has 0 saturated carbocycles. The van der Waals surface area contributed by atoms with Gasteiger partial charge in [-0.15, -0.1) is 0 Å². The van der Waals surface area contributed by atoms with Crippen LogP contribution in [0.4, 0.5) is 13.2 Å². The van der Waals surface area contributed by atoms with E-state index in [9.17, 15) is 18.0 Å². The highest BCUT2D eigenvalue weighted by molar-refractivity contribution is 5.94. The van der Waals surface area contributed by atoms with Crippen LogP contribution >= 0.6 is 0 Å². The number of rotatable bonds is 8. The van der Waals surface area contributed by atoms with E-state index in [4.69, 9.17) is 0 Å². The molecule has 1 amide bonds. The van der Waals surface area contributed by atoms with Crippen LogP contribution in [0.15, 0.2) is 54.9 Å². The fourth-order valence-corrected chi connectivity index (χ4v) is 3.04. The van der Waals surface area contributed by atoms with E-state index in [1.807, 2.05) is 0 Å². The fraction of sp³-hybridized carbons (Fsp3) is 0.318. The molecule has 0 aliphatic carbocycles. The molecule has 0 saturated heterocycles. The number of carbonyl (C=O) groups excluding carboxylic acids is 1. The SMILES string of the molecule is CCCCCCNC(=O)c1ccc(-n2nc(-c3cccnc3)cc2C(F)(F)F)cc1. The predicted molar refractivity (Wildman–Crippen MR) is 108 cm³/mol. The van der Waals surface area contributed by atoms with Gasteiger partial charge >= 0.3 is 6.18 Å². The molecule has 3 aromatic rings. The molecule has 8 heteroatoms. The van der Waals surface area contributed by atoms with E-state index >= 15 is 0 Å².